The molecule has 0 aromatic rings. The Morgan fingerprint density at radius 2 is 1.16 bits per heavy atom. The lowest BCUT2D eigenvalue weighted by Gasteiger charge is -2.23. The number of carbonyl (C=O) groups is 4. The summed E-state index contributed by atoms with van der Waals surface area (Å²) in [5.74, 6) is -8.74. The molecule has 0 heterocycles. The van der Waals surface area contributed by atoms with E-state index in [1.165, 1.54) is 64.9 Å². The Hall–Kier alpha value is -2.90. The van der Waals surface area contributed by atoms with Gasteiger partial charge in [-0.1, -0.05) is 76.5 Å². The van der Waals surface area contributed by atoms with Crippen LogP contribution in [0.4, 0.5) is 0 Å². The van der Waals surface area contributed by atoms with Crippen molar-refractivity contribution in [3.8, 4) is 0 Å². The van der Waals surface area contributed by atoms with E-state index in [9.17, 15) is 39.6 Å². The van der Waals surface area contributed by atoms with Crippen LogP contribution in [-0.2, 0) is 19.2 Å². The Morgan fingerprint density at radius 3 is 1.56 bits per heavy atom. The van der Waals surface area contributed by atoms with Gasteiger partial charge in [-0.25, -0.2) is 19.2 Å². The summed E-state index contributed by atoms with van der Waals surface area (Å²) in [4.78, 5) is 46.4. The summed E-state index contributed by atoms with van der Waals surface area (Å²) < 4.78 is 0. The van der Waals surface area contributed by atoms with Gasteiger partial charge in [0.1, 0.15) is 0 Å². The highest BCUT2D eigenvalue weighted by atomic mass is 16.4. The molecule has 8 nitrogen and oxygen atoms in total. The van der Waals surface area contributed by atoms with Crippen molar-refractivity contribution in [2.75, 3.05) is 0 Å². The van der Waals surface area contributed by atoms with Crippen LogP contribution in [-0.4, -0.2) is 44.3 Å². The minimum absolute atomic E-state index is 0.225. The zero-order valence-corrected chi connectivity index (χ0v) is 19.2. The quantitative estimate of drug-likeness (QED) is 0.104. The molecule has 0 spiro atoms. The molecule has 0 aliphatic rings. The van der Waals surface area contributed by atoms with Gasteiger partial charge in [0.05, 0.1) is 5.57 Å². The van der Waals surface area contributed by atoms with Crippen molar-refractivity contribution in [3.05, 3.63) is 34.9 Å². The van der Waals surface area contributed by atoms with E-state index in [1.807, 2.05) is 6.08 Å². The van der Waals surface area contributed by atoms with Crippen LogP contribution in [0.3, 0.4) is 0 Å². The molecule has 0 unspecified atom stereocenters. The summed E-state index contributed by atoms with van der Waals surface area (Å²) in [6, 6.07) is 0. The Kier molecular flexibility index (Phi) is 13.6. The smallest absolute Gasteiger partial charge is 0.337 e. The fourth-order valence-corrected chi connectivity index (χ4v) is 3.40. The molecule has 4 N–H and O–H groups in total. The second kappa shape index (κ2) is 15.0. The normalized spacial score (nSPS) is 13.2. The lowest BCUT2D eigenvalue weighted by molar-refractivity contribution is -0.174. The number of carboxylic acid groups (broad SMARTS) is 4. The number of allylic oxidation sites excluding steroid dienone is 5. The van der Waals surface area contributed by atoms with Crippen LogP contribution >= 0.6 is 0 Å². The van der Waals surface area contributed by atoms with Crippen molar-refractivity contribution in [2.24, 2.45) is 5.41 Å². The molecule has 32 heavy (non-hydrogen) atoms. The SMILES string of the molecule is CCCCCCCCCCCC=CC=C(C)C(C)=C(C(=O)O)C(C(=O)O)(C(=O)O)C(=O)O. The Labute approximate surface area is 189 Å². The van der Waals surface area contributed by atoms with Crippen molar-refractivity contribution >= 4 is 23.9 Å². The highest BCUT2D eigenvalue weighted by molar-refractivity contribution is 6.24. The molecule has 0 atom stereocenters. The molecule has 8 heteroatoms. The lowest BCUT2D eigenvalue weighted by atomic mass is 9.76. The van der Waals surface area contributed by atoms with Gasteiger partial charge in [0.25, 0.3) is 5.41 Å². The third kappa shape index (κ3) is 8.32. The predicted molar refractivity (Wildman–Crippen MR) is 120 cm³/mol. The van der Waals surface area contributed by atoms with E-state index in [2.05, 4.69) is 6.92 Å². The molecule has 0 aromatic carbocycles. The van der Waals surface area contributed by atoms with Crippen molar-refractivity contribution in [2.45, 2.75) is 85.0 Å². The van der Waals surface area contributed by atoms with Crippen LogP contribution in [0, 0.1) is 5.41 Å². The summed E-state index contributed by atoms with van der Waals surface area (Å²) >= 11 is 0. The third-order valence-corrected chi connectivity index (χ3v) is 5.47. The second-order valence-electron chi connectivity index (χ2n) is 7.87. The maximum absolute atomic E-state index is 11.7. The minimum Gasteiger partial charge on any atom is -0.480 e. The van der Waals surface area contributed by atoms with Gasteiger partial charge in [-0.3, -0.25) is 0 Å². The fourth-order valence-electron chi connectivity index (χ4n) is 3.40. The molecule has 0 rings (SSSR count). The Balaban J connectivity index is 5.14. The van der Waals surface area contributed by atoms with E-state index in [0.717, 1.165) is 19.3 Å². The standard InChI is InChI=1S/C24H36O8/c1-4-5-6-7-8-9-10-11-12-13-14-15-16-17(2)18(3)19(20(25)26)24(21(27)28,22(29)30)23(31)32/h14-16H,4-13H2,1-3H3,(H,25,26)(H,27,28)(H,29,30)(H,31,32). The van der Waals surface area contributed by atoms with Crippen LogP contribution in [0.2, 0.25) is 0 Å². The zero-order chi connectivity index (χ0) is 24.7. The number of aliphatic carboxylic acids is 4. The minimum atomic E-state index is -3.61. The van der Waals surface area contributed by atoms with Crippen LogP contribution < -0.4 is 0 Å². The first-order chi connectivity index (χ1) is 15.0. The summed E-state index contributed by atoms with van der Waals surface area (Å²) in [5.41, 5.74) is -4.77. The summed E-state index contributed by atoms with van der Waals surface area (Å²) in [6.45, 7) is 4.87. The summed E-state index contributed by atoms with van der Waals surface area (Å²) in [5, 5.41) is 37.4. The van der Waals surface area contributed by atoms with E-state index in [4.69, 9.17) is 0 Å². The zero-order valence-electron chi connectivity index (χ0n) is 19.2. The van der Waals surface area contributed by atoms with Crippen molar-refractivity contribution in [1.29, 1.82) is 0 Å². The number of hydrogen-bond donors (Lipinski definition) is 4. The largest absolute Gasteiger partial charge is 0.480 e. The van der Waals surface area contributed by atoms with Gasteiger partial charge in [0, 0.05) is 0 Å². The van der Waals surface area contributed by atoms with E-state index >= 15 is 0 Å². The maximum Gasteiger partial charge on any atom is 0.337 e. The summed E-state index contributed by atoms with van der Waals surface area (Å²) in [7, 11) is 0. The van der Waals surface area contributed by atoms with Crippen molar-refractivity contribution in [1.82, 2.24) is 0 Å². The average molecular weight is 453 g/mol. The molecule has 0 aromatic heterocycles. The maximum atomic E-state index is 11.7. The summed E-state index contributed by atoms with van der Waals surface area (Å²) in [6.07, 6.45) is 16.8. The highest BCUT2D eigenvalue weighted by Crippen LogP contribution is 2.34. The first-order valence-electron chi connectivity index (χ1n) is 11.0. The topological polar surface area (TPSA) is 149 Å². The van der Waals surface area contributed by atoms with Gasteiger partial charge in [0.15, 0.2) is 0 Å². The number of hydrogen-bond acceptors (Lipinski definition) is 4. The molecule has 0 radical (unpaired) electrons. The van der Waals surface area contributed by atoms with Gasteiger partial charge < -0.3 is 20.4 Å². The molecule has 180 valence electrons. The molecule has 0 fully saturated rings. The van der Waals surface area contributed by atoms with Gasteiger partial charge in [0.2, 0.25) is 0 Å². The molecule has 0 aliphatic heterocycles. The first-order valence-corrected chi connectivity index (χ1v) is 11.0. The van der Waals surface area contributed by atoms with E-state index < -0.39 is 34.9 Å². The van der Waals surface area contributed by atoms with Gasteiger partial charge in [-0.05, 0) is 37.8 Å². The van der Waals surface area contributed by atoms with Crippen molar-refractivity contribution in [3.63, 3.8) is 0 Å². The third-order valence-electron chi connectivity index (χ3n) is 5.47. The van der Waals surface area contributed by atoms with Crippen molar-refractivity contribution < 1.29 is 39.6 Å². The fraction of sp³-hybridized carbons (Fsp3) is 0.583. The van der Waals surface area contributed by atoms with Gasteiger partial charge in [-0.15, -0.1) is 0 Å². The van der Waals surface area contributed by atoms with Crippen LogP contribution in [0.5, 0.6) is 0 Å². The molecule has 0 bridgehead atoms. The van der Waals surface area contributed by atoms with Crippen LogP contribution in [0.15, 0.2) is 34.9 Å². The monoisotopic (exact) mass is 452 g/mol. The number of carboxylic acids is 4. The Bertz CT molecular complexity index is 722. The Morgan fingerprint density at radius 1 is 0.719 bits per heavy atom. The molecular formula is C24H36O8. The molecule has 0 saturated carbocycles. The van der Waals surface area contributed by atoms with Crippen LogP contribution in [0.1, 0.15) is 85.0 Å². The van der Waals surface area contributed by atoms with Gasteiger partial charge in [-0.2, -0.15) is 0 Å². The van der Waals surface area contributed by atoms with E-state index in [1.54, 1.807) is 6.08 Å². The van der Waals surface area contributed by atoms with Crippen LogP contribution in [0.25, 0.3) is 0 Å². The molecule has 0 saturated heterocycles. The number of rotatable bonds is 17. The highest BCUT2D eigenvalue weighted by Gasteiger charge is 2.60. The second-order valence-corrected chi connectivity index (χ2v) is 7.87. The molecule has 0 amide bonds. The number of unbranched alkanes of at least 4 members (excludes halogenated alkanes) is 9. The van der Waals surface area contributed by atoms with E-state index in [0.29, 0.717) is 0 Å². The lowest BCUT2D eigenvalue weighted by Crippen LogP contribution is -2.50. The average Bonchev–Trinajstić information content (AvgIpc) is 2.70. The molecular weight excluding hydrogens is 416 g/mol. The van der Waals surface area contributed by atoms with E-state index in [-0.39, 0.29) is 11.1 Å². The first kappa shape index (κ1) is 29.1. The molecule has 0 aliphatic carbocycles. The predicted octanol–water partition coefficient (Wildman–Crippen LogP) is 5.05. The van der Waals surface area contributed by atoms with Gasteiger partial charge >= 0.3 is 23.9 Å².